The Morgan fingerprint density at radius 3 is 2.80 bits per heavy atom. The minimum absolute atomic E-state index is 0.163. The van der Waals surface area contributed by atoms with Crippen LogP contribution in [-0.2, 0) is 19.4 Å². The lowest BCUT2D eigenvalue weighted by Crippen LogP contribution is -2.26. The largest absolute Gasteiger partial charge is 0.332 e. The molecular weight excluding hydrogens is 312 g/mol. The highest BCUT2D eigenvalue weighted by atomic mass is 16.2. The van der Waals surface area contributed by atoms with E-state index in [-0.39, 0.29) is 5.91 Å². The zero-order valence-corrected chi connectivity index (χ0v) is 13.9. The molecule has 0 saturated heterocycles. The number of hydrogen-bond donors (Lipinski definition) is 2. The minimum atomic E-state index is -0.163. The number of carbonyl (C=O) groups excluding carboxylic acids is 1. The number of hydrogen-bond acceptors (Lipinski definition) is 3. The summed E-state index contributed by atoms with van der Waals surface area (Å²) in [6.07, 6.45) is 4.28. The molecule has 1 aliphatic carbocycles. The van der Waals surface area contributed by atoms with Crippen molar-refractivity contribution in [2.45, 2.75) is 25.8 Å². The number of benzene rings is 2. The molecule has 0 bridgehead atoms. The number of amides is 1. The third-order valence-electron chi connectivity index (χ3n) is 4.82. The normalized spacial score (nSPS) is 13.4. The topological polar surface area (TPSA) is 72.4 Å². The highest BCUT2D eigenvalue weighted by Crippen LogP contribution is 2.35. The summed E-state index contributed by atoms with van der Waals surface area (Å²) in [7, 11) is 0. The lowest BCUT2D eigenvalue weighted by atomic mass is 9.91. The molecule has 1 aromatic heterocycles. The Labute approximate surface area is 146 Å². The summed E-state index contributed by atoms with van der Waals surface area (Å²) < 4.78 is 2.12. The van der Waals surface area contributed by atoms with E-state index >= 15 is 0 Å². The summed E-state index contributed by atoms with van der Waals surface area (Å²) in [5.41, 5.74) is 5.46. The van der Waals surface area contributed by atoms with Crippen molar-refractivity contribution >= 4 is 23.1 Å². The zero-order valence-electron chi connectivity index (χ0n) is 13.9. The number of hydrazone groups is 1. The monoisotopic (exact) mass is 332 g/mol. The molecule has 4 rings (SSSR count). The molecule has 1 amide bonds. The predicted molar refractivity (Wildman–Crippen MR) is 99.7 cm³/mol. The Morgan fingerprint density at radius 1 is 1.16 bits per heavy atom. The van der Waals surface area contributed by atoms with E-state index in [1.165, 1.54) is 17.3 Å². The van der Waals surface area contributed by atoms with Crippen molar-refractivity contribution in [2.24, 2.45) is 10.9 Å². The second-order valence-corrected chi connectivity index (χ2v) is 6.32. The molecule has 25 heavy (non-hydrogen) atoms. The number of carbonyl (C=O) groups is 1. The van der Waals surface area contributed by atoms with E-state index in [1.54, 1.807) is 0 Å². The summed E-state index contributed by atoms with van der Waals surface area (Å²) in [4.78, 5) is 12.8. The van der Waals surface area contributed by atoms with Crippen molar-refractivity contribution in [1.29, 1.82) is 0 Å². The van der Waals surface area contributed by atoms with Gasteiger partial charge in [0, 0.05) is 17.4 Å². The zero-order chi connectivity index (χ0) is 17.2. The third-order valence-corrected chi connectivity index (χ3v) is 4.82. The molecule has 0 saturated carbocycles. The van der Waals surface area contributed by atoms with Crippen LogP contribution in [0.5, 0.6) is 0 Å². The molecule has 0 aliphatic heterocycles. The lowest BCUT2D eigenvalue weighted by Gasteiger charge is -2.13. The van der Waals surface area contributed by atoms with Gasteiger partial charge in [0.05, 0.1) is 0 Å². The van der Waals surface area contributed by atoms with Crippen LogP contribution in [-0.4, -0.2) is 16.8 Å². The van der Waals surface area contributed by atoms with E-state index in [0.717, 1.165) is 35.9 Å². The van der Waals surface area contributed by atoms with Gasteiger partial charge in [-0.2, -0.15) is 5.10 Å². The summed E-state index contributed by atoms with van der Waals surface area (Å²) in [6.45, 7) is 0.656. The molecule has 0 radical (unpaired) electrons. The van der Waals surface area contributed by atoms with Crippen molar-refractivity contribution in [3.8, 4) is 0 Å². The maximum atomic E-state index is 12.8. The Hall–Kier alpha value is -3.08. The number of nitrogens with zero attached hydrogens (tertiary/aromatic N) is 2. The molecule has 3 aromatic rings. The highest BCUT2D eigenvalue weighted by molar-refractivity contribution is 6.06. The first-order valence-electron chi connectivity index (χ1n) is 8.49. The van der Waals surface area contributed by atoms with E-state index in [2.05, 4.69) is 45.3 Å². The standard InChI is InChI=1S/C20H20N4O/c21-23-13-22-20(25)19-16-10-4-8-15-9-5-11-17(18(15)16)24(19)12-14-6-2-1-3-7-14/h1-3,5-7,9,11,13H,4,8,10,12,21H2,(H,22,23,25). The first-order valence-corrected chi connectivity index (χ1v) is 8.49. The van der Waals surface area contributed by atoms with Gasteiger partial charge in [0.15, 0.2) is 0 Å². The molecular formula is C20H20N4O. The Morgan fingerprint density at radius 2 is 2.00 bits per heavy atom. The van der Waals surface area contributed by atoms with E-state index in [1.807, 2.05) is 18.2 Å². The molecule has 0 unspecified atom stereocenters. The third kappa shape index (κ3) is 2.67. The van der Waals surface area contributed by atoms with Gasteiger partial charge in [-0.3, -0.25) is 4.79 Å². The van der Waals surface area contributed by atoms with Crippen LogP contribution in [0.1, 0.15) is 33.6 Å². The fourth-order valence-corrected chi connectivity index (χ4v) is 3.82. The SMILES string of the molecule is NN=CNC(=O)c1c2c3c(cccc3n1Cc1ccccc1)CCC2. The van der Waals surface area contributed by atoms with Gasteiger partial charge in [-0.05, 0) is 42.0 Å². The van der Waals surface area contributed by atoms with Crippen molar-refractivity contribution in [3.63, 3.8) is 0 Å². The quantitative estimate of drug-likeness (QED) is 0.334. The van der Waals surface area contributed by atoms with Crippen molar-refractivity contribution in [2.75, 3.05) is 0 Å². The maximum absolute atomic E-state index is 12.8. The molecule has 0 atom stereocenters. The van der Waals surface area contributed by atoms with Gasteiger partial charge < -0.3 is 15.7 Å². The van der Waals surface area contributed by atoms with Gasteiger partial charge in [0.25, 0.3) is 5.91 Å². The van der Waals surface area contributed by atoms with Crippen molar-refractivity contribution < 1.29 is 4.79 Å². The summed E-state index contributed by atoms with van der Waals surface area (Å²) >= 11 is 0. The van der Waals surface area contributed by atoms with E-state index in [9.17, 15) is 4.79 Å². The smallest absolute Gasteiger partial charge is 0.273 e. The second-order valence-electron chi connectivity index (χ2n) is 6.32. The maximum Gasteiger partial charge on any atom is 0.273 e. The van der Waals surface area contributed by atoms with Crippen molar-refractivity contribution in [1.82, 2.24) is 9.88 Å². The number of aromatic nitrogens is 1. The minimum Gasteiger partial charge on any atom is -0.332 e. The molecule has 2 aromatic carbocycles. The van der Waals surface area contributed by atoms with Gasteiger partial charge in [0.1, 0.15) is 12.0 Å². The first kappa shape index (κ1) is 15.4. The van der Waals surface area contributed by atoms with Crippen LogP contribution in [0, 0.1) is 0 Å². The Balaban J connectivity index is 1.92. The van der Waals surface area contributed by atoms with Gasteiger partial charge in [-0.25, -0.2) is 0 Å². The molecule has 126 valence electrons. The van der Waals surface area contributed by atoms with Gasteiger partial charge in [-0.15, -0.1) is 0 Å². The van der Waals surface area contributed by atoms with Gasteiger partial charge >= 0.3 is 0 Å². The molecule has 1 aliphatic rings. The molecule has 3 N–H and O–H groups in total. The van der Waals surface area contributed by atoms with Crippen LogP contribution in [0.25, 0.3) is 10.9 Å². The Kier molecular flexibility index (Phi) is 3.98. The van der Waals surface area contributed by atoms with Crippen LogP contribution >= 0.6 is 0 Å². The number of rotatable bonds is 4. The van der Waals surface area contributed by atoms with Gasteiger partial charge in [0.2, 0.25) is 0 Å². The van der Waals surface area contributed by atoms with Crippen LogP contribution in [0.3, 0.4) is 0 Å². The van der Waals surface area contributed by atoms with E-state index < -0.39 is 0 Å². The molecule has 0 spiro atoms. The van der Waals surface area contributed by atoms with E-state index in [0.29, 0.717) is 12.2 Å². The average molecular weight is 332 g/mol. The first-order chi connectivity index (χ1) is 12.3. The lowest BCUT2D eigenvalue weighted by molar-refractivity contribution is 0.0969. The van der Waals surface area contributed by atoms with Gasteiger partial charge in [-0.1, -0.05) is 42.5 Å². The Bertz CT molecular complexity index is 957. The molecule has 0 fully saturated rings. The fourth-order valence-electron chi connectivity index (χ4n) is 3.82. The second kappa shape index (κ2) is 6.43. The highest BCUT2D eigenvalue weighted by Gasteiger charge is 2.26. The number of nitrogens with one attached hydrogen (secondary N) is 1. The summed E-state index contributed by atoms with van der Waals surface area (Å²) in [6, 6.07) is 16.6. The molecule has 5 heteroatoms. The number of aryl methyl sites for hydroxylation is 2. The van der Waals surface area contributed by atoms with Crippen LogP contribution in [0.15, 0.2) is 53.6 Å². The molecule has 5 nitrogen and oxygen atoms in total. The predicted octanol–water partition coefficient (Wildman–Crippen LogP) is 2.81. The van der Waals surface area contributed by atoms with Crippen LogP contribution in [0.2, 0.25) is 0 Å². The average Bonchev–Trinajstić information content (AvgIpc) is 2.96. The van der Waals surface area contributed by atoms with Crippen molar-refractivity contribution in [3.05, 3.63) is 70.9 Å². The van der Waals surface area contributed by atoms with E-state index in [4.69, 9.17) is 5.84 Å². The van der Waals surface area contributed by atoms with Crippen LogP contribution in [0.4, 0.5) is 0 Å². The van der Waals surface area contributed by atoms with Crippen LogP contribution < -0.4 is 11.2 Å². The summed E-state index contributed by atoms with van der Waals surface area (Å²) in [5, 5.41) is 7.30. The fraction of sp³-hybridized carbons (Fsp3) is 0.200. The summed E-state index contributed by atoms with van der Waals surface area (Å²) in [5.74, 6) is 4.98. The molecule has 1 heterocycles. The number of nitrogens with two attached hydrogens (primary N) is 1.